The molecule has 3 N–H and O–H groups in total. The first-order valence-electron chi connectivity index (χ1n) is 8.96. The number of aromatic amines is 1. The highest BCUT2D eigenvalue weighted by molar-refractivity contribution is 5.84. The molecule has 2 aromatic heterocycles. The van der Waals surface area contributed by atoms with Crippen LogP contribution < -0.4 is 5.32 Å². The maximum atomic E-state index is 12.4. The third-order valence-electron chi connectivity index (χ3n) is 5.36. The van der Waals surface area contributed by atoms with Crippen molar-refractivity contribution in [2.24, 2.45) is 5.92 Å². The fraction of sp³-hybridized carbons (Fsp3) is 0.421. The van der Waals surface area contributed by atoms with Gasteiger partial charge in [-0.1, -0.05) is 18.2 Å². The van der Waals surface area contributed by atoms with E-state index in [-0.39, 0.29) is 24.3 Å². The predicted molar refractivity (Wildman–Crippen MR) is 97.5 cm³/mol. The summed E-state index contributed by atoms with van der Waals surface area (Å²) in [5.74, 6) is 0.985. The first-order chi connectivity index (χ1) is 12.6. The summed E-state index contributed by atoms with van der Waals surface area (Å²) >= 11 is 0. The highest BCUT2D eigenvalue weighted by Crippen LogP contribution is 2.36. The number of hydrogen-bond donors (Lipinski definition) is 3. The SMILES string of the molecule is Cc1cc2ccccc2n1CC(=O)NC[C@H]1CC(c2ncn[nH]2)C[C@H]1O. The summed E-state index contributed by atoms with van der Waals surface area (Å²) in [4.78, 5) is 16.6. The van der Waals surface area contributed by atoms with E-state index in [9.17, 15) is 9.90 Å². The standard InChI is InChI=1S/C19H23N5O2/c1-12-6-13-4-2-3-5-16(13)24(12)10-18(26)20-9-15-7-14(8-17(15)25)19-21-11-22-23-19/h2-6,11,14-15,17,25H,7-10H2,1H3,(H,20,26)(H,21,22,23)/t14?,15-,17-/m1/s1. The summed E-state index contributed by atoms with van der Waals surface area (Å²) in [6, 6.07) is 10.1. The van der Waals surface area contributed by atoms with Gasteiger partial charge in [0.1, 0.15) is 18.7 Å². The number of amides is 1. The molecule has 1 saturated carbocycles. The molecule has 3 aromatic rings. The van der Waals surface area contributed by atoms with Crippen molar-refractivity contribution in [2.75, 3.05) is 6.54 Å². The minimum absolute atomic E-state index is 0.0373. The van der Waals surface area contributed by atoms with E-state index in [0.717, 1.165) is 28.8 Å². The molecule has 1 amide bonds. The van der Waals surface area contributed by atoms with Crippen LogP contribution in [0.1, 0.15) is 30.3 Å². The topological polar surface area (TPSA) is 95.8 Å². The smallest absolute Gasteiger partial charge is 0.239 e. The second-order valence-corrected chi connectivity index (χ2v) is 7.10. The Morgan fingerprint density at radius 1 is 1.38 bits per heavy atom. The van der Waals surface area contributed by atoms with Crippen LogP contribution in [0.3, 0.4) is 0 Å². The van der Waals surface area contributed by atoms with Crippen LogP contribution in [0.5, 0.6) is 0 Å². The summed E-state index contributed by atoms with van der Waals surface area (Å²) in [6.45, 7) is 2.77. The van der Waals surface area contributed by atoms with Crippen LogP contribution in [0.2, 0.25) is 0 Å². The Kier molecular flexibility index (Phi) is 4.46. The van der Waals surface area contributed by atoms with Crippen molar-refractivity contribution >= 4 is 16.8 Å². The second-order valence-electron chi connectivity index (χ2n) is 7.10. The molecular formula is C19H23N5O2. The lowest BCUT2D eigenvalue weighted by molar-refractivity contribution is -0.121. The van der Waals surface area contributed by atoms with Crippen LogP contribution in [-0.2, 0) is 11.3 Å². The van der Waals surface area contributed by atoms with Gasteiger partial charge in [-0.25, -0.2) is 4.98 Å². The lowest BCUT2D eigenvalue weighted by Crippen LogP contribution is -2.34. The summed E-state index contributed by atoms with van der Waals surface area (Å²) in [5.41, 5.74) is 2.12. The quantitative estimate of drug-likeness (QED) is 0.651. The summed E-state index contributed by atoms with van der Waals surface area (Å²) in [6.07, 6.45) is 2.50. The molecular weight excluding hydrogens is 330 g/mol. The third kappa shape index (κ3) is 3.22. The summed E-state index contributed by atoms with van der Waals surface area (Å²) in [7, 11) is 0. The van der Waals surface area contributed by atoms with Crippen molar-refractivity contribution in [3.8, 4) is 0 Å². The molecule has 7 nitrogen and oxygen atoms in total. The van der Waals surface area contributed by atoms with Crippen LogP contribution >= 0.6 is 0 Å². The number of aliphatic hydroxyl groups excluding tert-OH is 1. The van der Waals surface area contributed by atoms with E-state index < -0.39 is 6.10 Å². The lowest BCUT2D eigenvalue weighted by atomic mass is 10.0. The van der Waals surface area contributed by atoms with Gasteiger partial charge < -0.3 is 15.0 Å². The molecule has 2 heterocycles. The number of benzene rings is 1. The predicted octanol–water partition coefficient (Wildman–Crippen LogP) is 1.74. The van der Waals surface area contributed by atoms with Gasteiger partial charge in [0.2, 0.25) is 5.91 Å². The average Bonchev–Trinajstić information content (AvgIpc) is 3.34. The zero-order valence-corrected chi connectivity index (χ0v) is 14.7. The Morgan fingerprint density at radius 2 is 2.23 bits per heavy atom. The Morgan fingerprint density at radius 3 is 3.04 bits per heavy atom. The van der Waals surface area contributed by atoms with Crippen molar-refractivity contribution in [1.82, 2.24) is 25.1 Å². The molecule has 4 rings (SSSR count). The molecule has 1 unspecified atom stereocenters. The molecule has 136 valence electrons. The van der Waals surface area contributed by atoms with Crippen LogP contribution in [-0.4, -0.2) is 43.4 Å². The van der Waals surface area contributed by atoms with Crippen molar-refractivity contribution < 1.29 is 9.90 Å². The minimum Gasteiger partial charge on any atom is -0.393 e. The van der Waals surface area contributed by atoms with Gasteiger partial charge in [0.25, 0.3) is 0 Å². The molecule has 3 atom stereocenters. The number of aliphatic hydroxyl groups is 1. The van der Waals surface area contributed by atoms with Crippen molar-refractivity contribution in [3.63, 3.8) is 0 Å². The summed E-state index contributed by atoms with van der Waals surface area (Å²) < 4.78 is 2.02. The zero-order chi connectivity index (χ0) is 18.1. The van der Waals surface area contributed by atoms with Gasteiger partial charge in [-0.15, -0.1) is 0 Å². The van der Waals surface area contributed by atoms with Crippen molar-refractivity contribution in [1.29, 1.82) is 0 Å². The number of aryl methyl sites for hydroxylation is 1. The Labute approximate surface area is 151 Å². The highest BCUT2D eigenvalue weighted by atomic mass is 16.3. The molecule has 7 heteroatoms. The van der Waals surface area contributed by atoms with E-state index in [1.54, 1.807) is 0 Å². The number of fused-ring (bicyclic) bond motifs is 1. The van der Waals surface area contributed by atoms with Crippen LogP contribution in [0.4, 0.5) is 0 Å². The second kappa shape index (κ2) is 6.92. The maximum absolute atomic E-state index is 12.4. The molecule has 1 fully saturated rings. The van der Waals surface area contributed by atoms with Crippen LogP contribution in [0.15, 0.2) is 36.7 Å². The van der Waals surface area contributed by atoms with Crippen LogP contribution in [0.25, 0.3) is 10.9 Å². The van der Waals surface area contributed by atoms with Crippen molar-refractivity contribution in [3.05, 3.63) is 48.2 Å². The van der Waals surface area contributed by atoms with Gasteiger partial charge in [0.15, 0.2) is 0 Å². The molecule has 0 saturated heterocycles. The molecule has 0 spiro atoms. The number of carbonyl (C=O) groups is 1. The fourth-order valence-corrected chi connectivity index (χ4v) is 3.96. The molecule has 26 heavy (non-hydrogen) atoms. The Balaban J connectivity index is 1.36. The highest BCUT2D eigenvalue weighted by Gasteiger charge is 2.35. The zero-order valence-electron chi connectivity index (χ0n) is 14.7. The van der Waals surface area contributed by atoms with E-state index in [1.165, 1.54) is 6.33 Å². The Hall–Kier alpha value is -2.67. The monoisotopic (exact) mass is 353 g/mol. The fourth-order valence-electron chi connectivity index (χ4n) is 3.96. The average molecular weight is 353 g/mol. The van der Waals surface area contributed by atoms with Gasteiger partial charge in [-0.3, -0.25) is 9.89 Å². The third-order valence-corrected chi connectivity index (χ3v) is 5.36. The number of carbonyl (C=O) groups excluding carboxylic acids is 1. The molecule has 1 aliphatic carbocycles. The van der Waals surface area contributed by atoms with Crippen LogP contribution in [0, 0.1) is 12.8 Å². The first kappa shape index (κ1) is 16.8. The molecule has 1 aromatic carbocycles. The number of H-pyrrole nitrogens is 1. The molecule has 0 aliphatic heterocycles. The van der Waals surface area contributed by atoms with Gasteiger partial charge in [0.05, 0.1) is 6.10 Å². The van der Waals surface area contributed by atoms with E-state index in [1.807, 2.05) is 29.7 Å². The number of hydrogen-bond acceptors (Lipinski definition) is 4. The van der Waals surface area contributed by atoms with Crippen molar-refractivity contribution in [2.45, 2.75) is 38.3 Å². The normalized spacial score (nSPS) is 22.8. The number of para-hydroxylation sites is 1. The first-order valence-corrected chi connectivity index (χ1v) is 8.96. The van der Waals surface area contributed by atoms with Gasteiger partial charge >= 0.3 is 0 Å². The molecule has 0 radical (unpaired) electrons. The Bertz CT molecular complexity index is 902. The largest absolute Gasteiger partial charge is 0.393 e. The number of nitrogens with zero attached hydrogens (tertiary/aromatic N) is 3. The number of aromatic nitrogens is 4. The van der Waals surface area contributed by atoms with E-state index in [0.29, 0.717) is 13.0 Å². The molecule has 0 bridgehead atoms. The van der Waals surface area contributed by atoms with Gasteiger partial charge in [-0.05, 0) is 37.3 Å². The van der Waals surface area contributed by atoms with E-state index >= 15 is 0 Å². The van der Waals surface area contributed by atoms with E-state index in [2.05, 4.69) is 32.6 Å². The minimum atomic E-state index is -0.431. The number of rotatable bonds is 5. The molecule has 1 aliphatic rings. The maximum Gasteiger partial charge on any atom is 0.239 e. The number of nitrogens with one attached hydrogen (secondary N) is 2. The van der Waals surface area contributed by atoms with Gasteiger partial charge in [-0.2, -0.15) is 5.10 Å². The van der Waals surface area contributed by atoms with E-state index in [4.69, 9.17) is 0 Å². The summed E-state index contributed by atoms with van der Waals surface area (Å²) in [5, 5.41) is 21.2. The lowest BCUT2D eigenvalue weighted by Gasteiger charge is -2.16. The van der Waals surface area contributed by atoms with Gasteiger partial charge in [0, 0.05) is 29.6 Å².